The largest absolute Gasteiger partial charge is 0.431 e. The normalized spacial score (nSPS) is 22.5. The van der Waals surface area contributed by atoms with E-state index in [4.69, 9.17) is 4.98 Å². The van der Waals surface area contributed by atoms with E-state index in [0.29, 0.717) is 5.69 Å². The Morgan fingerprint density at radius 3 is 2.14 bits per heavy atom. The van der Waals surface area contributed by atoms with E-state index in [-0.39, 0.29) is 35.9 Å². The van der Waals surface area contributed by atoms with Crippen molar-refractivity contribution in [2.75, 3.05) is 0 Å². The lowest BCUT2D eigenvalue weighted by Crippen LogP contribution is -2.39. The Balaban J connectivity index is 1.25. The van der Waals surface area contributed by atoms with Crippen LogP contribution in [-0.2, 0) is 7.05 Å². The molecule has 0 spiro atoms. The van der Waals surface area contributed by atoms with E-state index in [1.807, 2.05) is 24.3 Å². The first kappa shape index (κ1) is 28.7. The quantitative estimate of drug-likeness (QED) is 0.175. The maximum absolute atomic E-state index is 13.7. The molecule has 49 heavy (non-hydrogen) atoms. The molecule has 4 atom stereocenters. The minimum Gasteiger partial charge on any atom is -0.342 e. The van der Waals surface area contributed by atoms with Gasteiger partial charge in [-0.3, -0.25) is 4.98 Å². The molecule has 4 aromatic carbocycles. The highest BCUT2D eigenvalue weighted by molar-refractivity contribution is 6.23. The van der Waals surface area contributed by atoms with Crippen LogP contribution in [-0.4, -0.2) is 31.7 Å². The minimum atomic E-state index is -4.53. The molecule has 0 N–H and O–H groups in total. The number of nitrogens with zero attached hydrogens (tertiary/aromatic N) is 5. The Kier molecular flexibility index (Phi) is 5.95. The molecule has 1 saturated carbocycles. The molecule has 11 rings (SSSR count). The molecular formula is C41H32F3N5. The molecule has 4 aliphatic rings. The number of benzene rings is 4. The Morgan fingerprint density at radius 1 is 0.735 bits per heavy atom. The number of allylic oxidation sites excluding steroid dienone is 2. The summed E-state index contributed by atoms with van der Waals surface area (Å²) in [5.41, 5.74) is 6.96. The number of hydrogen-bond acceptors (Lipinski definition) is 3. The summed E-state index contributed by atoms with van der Waals surface area (Å²) in [6, 6.07) is 31.9. The zero-order valence-corrected chi connectivity index (χ0v) is 27.0. The van der Waals surface area contributed by atoms with Crippen molar-refractivity contribution in [3.05, 3.63) is 114 Å². The van der Waals surface area contributed by atoms with E-state index < -0.39 is 11.9 Å². The van der Waals surface area contributed by atoms with Gasteiger partial charge in [0.1, 0.15) is 5.71 Å². The fourth-order valence-electron chi connectivity index (χ4n) is 9.42. The van der Waals surface area contributed by atoms with Crippen LogP contribution >= 0.6 is 0 Å². The fraction of sp³-hybridized carbons (Fsp3) is 0.244. The Bertz CT molecular complexity index is 2640. The van der Waals surface area contributed by atoms with Crippen molar-refractivity contribution >= 4 is 65.8 Å². The first-order valence-electron chi connectivity index (χ1n) is 17.0. The summed E-state index contributed by atoms with van der Waals surface area (Å²) in [5, 5.41) is 14.3. The lowest BCUT2D eigenvalue weighted by molar-refractivity contribution is -0.0596. The van der Waals surface area contributed by atoms with Gasteiger partial charge in [-0.15, -0.1) is 5.10 Å². The number of alkyl halides is 3. The van der Waals surface area contributed by atoms with E-state index in [2.05, 4.69) is 106 Å². The number of para-hydroxylation sites is 2. The summed E-state index contributed by atoms with van der Waals surface area (Å²) in [6.45, 7) is 2.24. The van der Waals surface area contributed by atoms with Crippen molar-refractivity contribution in [1.82, 2.24) is 14.1 Å². The molecule has 0 radical (unpaired) electrons. The molecule has 5 nitrogen and oxygen atoms in total. The van der Waals surface area contributed by atoms with Crippen LogP contribution in [0.25, 0.3) is 54.4 Å². The number of halogens is 3. The van der Waals surface area contributed by atoms with Crippen LogP contribution < -0.4 is 0 Å². The van der Waals surface area contributed by atoms with Gasteiger partial charge < -0.3 is 9.13 Å². The van der Waals surface area contributed by atoms with Crippen LogP contribution in [0, 0.1) is 11.8 Å². The van der Waals surface area contributed by atoms with E-state index in [9.17, 15) is 13.2 Å². The van der Waals surface area contributed by atoms with Crippen molar-refractivity contribution in [2.24, 2.45) is 29.1 Å². The van der Waals surface area contributed by atoms with Crippen LogP contribution in [0.1, 0.15) is 49.5 Å². The molecule has 3 aliphatic carbocycles. The predicted molar refractivity (Wildman–Crippen MR) is 192 cm³/mol. The molecular weight excluding hydrogens is 619 g/mol. The number of pyridine rings is 1. The number of aromatic nitrogens is 3. The zero-order valence-electron chi connectivity index (χ0n) is 27.0. The SMILES string of the molecule is CC1=CC2CCC1C(c1cc3ccccc3c(C3=NN=C(C(F)(F)F)C3)n1)C2n1c2ccccc2c2ccc3c4ccccc4n(C)c3c21. The smallest absolute Gasteiger partial charge is 0.342 e. The highest BCUT2D eigenvalue weighted by Gasteiger charge is 2.47. The molecule has 7 aromatic rings. The summed E-state index contributed by atoms with van der Waals surface area (Å²) in [5.74, 6) is 0.507. The monoisotopic (exact) mass is 651 g/mol. The average Bonchev–Trinajstić information content (AvgIpc) is 3.82. The molecule has 2 bridgehead atoms. The second-order valence-corrected chi connectivity index (χ2v) is 14.0. The molecule has 3 aromatic heterocycles. The summed E-state index contributed by atoms with van der Waals surface area (Å²) in [6.07, 6.45) is -0.324. The maximum Gasteiger partial charge on any atom is 0.431 e. The Labute approximate surface area is 280 Å². The van der Waals surface area contributed by atoms with E-state index >= 15 is 0 Å². The topological polar surface area (TPSA) is 47.5 Å². The fourth-order valence-corrected chi connectivity index (χ4v) is 9.42. The summed E-state index contributed by atoms with van der Waals surface area (Å²) in [4.78, 5) is 5.29. The van der Waals surface area contributed by atoms with E-state index in [0.717, 1.165) is 29.3 Å². The highest BCUT2D eigenvalue weighted by Crippen LogP contribution is 2.57. The Hall–Kier alpha value is -5.24. The van der Waals surface area contributed by atoms with Gasteiger partial charge in [-0.1, -0.05) is 84.4 Å². The van der Waals surface area contributed by atoms with Crippen molar-refractivity contribution in [2.45, 2.75) is 44.3 Å². The van der Waals surface area contributed by atoms with Gasteiger partial charge in [0.05, 0.1) is 22.4 Å². The van der Waals surface area contributed by atoms with Gasteiger partial charge in [-0.05, 0) is 55.2 Å². The summed E-state index contributed by atoms with van der Waals surface area (Å²) in [7, 11) is 2.16. The Morgan fingerprint density at radius 2 is 1.41 bits per heavy atom. The first-order valence-corrected chi connectivity index (χ1v) is 17.0. The number of rotatable bonds is 3. The van der Waals surface area contributed by atoms with Gasteiger partial charge >= 0.3 is 6.18 Å². The van der Waals surface area contributed by atoms with Crippen molar-refractivity contribution in [3.8, 4) is 0 Å². The third-order valence-corrected chi connectivity index (χ3v) is 11.5. The van der Waals surface area contributed by atoms with Crippen LogP contribution in [0.3, 0.4) is 0 Å². The number of aryl methyl sites for hydroxylation is 1. The molecule has 4 unspecified atom stereocenters. The number of fused-ring (bicyclic) bond motifs is 10. The standard InChI is InChI=1S/C41H32F3N5/c1-22-19-24-15-16-25(22)36(31-20-23-9-3-4-10-26(23)37(45-31)32-21-35(47-46-32)41(42,43)44)38(24)49-34-14-8-6-12-28(34)30-18-17-29-27-11-5-7-13-33(27)48(2)39(29)40(30)49/h3-14,17-20,24-25,36,38H,15-16,21H2,1-2H3. The maximum atomic E-state index is 13.7. The molecule has 0 saturated heterocycles. The summed E-state index contributed by atoms with van der Waals surface area (Å²) < 4.78 is 46.1. The minimum absolute atomic E-state index is 0.000982. The average molecular weight is 652 g/mol. The lowest BCUT2D eigenvalue weighted by atomic mass is 9.61. The lowest BCUT2D eigenvalue weighted by Gasteiger charge is -2.48. The second-order valence-electron chi connectivity index (χ2n) is 14.0. The molecule has 242 valence electrons. The molecule has 8 heteroatoms. The van der Waals surface area contributed by atoms with Crippen LogP contribution in [0.2, 0.25) is 0 Å². The van der Waals surface area contributed by atoms with E-state index in [1.54, 1.807) is 0 Å². The third kappa shape index (κ3) is 4.03. The second kappa shape index (κ2) is 10.1. The van der Waals surface area contributed by atoms with Gasteiger partial charge in [0.15, 0.2) is 0 Å². The molecule has 1 aliphatic heterocycles. The third-order valence-electron chi connectivity index (χ3n) is 11.5. The predicted octanol–water partition coefficient (Wildman–Crippen LogP) is 10.4. The van der Waals surface area contributed by atoms with Gasteiger partial charge in [0.25, 0.3) is 0 Å². The van der Waals surface area contributed by atoms with Gasteiger partial charge in [0.2, 0.25) is 0 Å². The van der Waals surface area contributed by atoms with Crippen molar-refractivity contribution in [3.63, 3.8) is 0 Å². The van der Waals surface area contributed by atoms with Crippen molar-refractivity contribution in [1.29, 1.82) is 0 Å². The zero-order chi connectivity index (χ0) is 33.2. The van der Waals surface area contributed by atoms with Crippen LogP contribution in [0.5, 0.6) is 0 Å². The van der Waals surface area contributed by atoms with E-state index in [1.165, 1.54) is 49.2 Å². The molecule has 1 fully saturated rings. The number of hydrogen-bond donors (Lipinski definition) is 0. The van der Waals surface area contributed by atoms with Crippen molar-refractivity contribution < 1.29 is 13.2 Å². The molecule has 0 amide bonds. The molecule has 4 heterocycles. The van der Waals surface area contributed by atoms with Crippen LogP contribution in [0.15, 0.2) is 113 Å². The van der Waals surface area contributed by atoms with Gasteiger partial charge in [-0.25, -0.2) is 0 Å². The van der Waals surface area contributed by atoms with Gasteiger partial charge in [0, 0.05) is 69.1 Å². The highest BCUT2D eigenvalue weighted by atomic mass is 19.4. The summed E-state index contributed by atoms with van der Waals surface area (Å²) >= 11 is 0. The van der Waals surface area contributed by atoms with Crippen LogP contribution in [0.4, 0.5) is 13.2 Å². The van der Waals surface area contributed by atoms with Gasteiger partial charge in [-0.2, -0.15) is 18.3 Å². The first-order chi connectivity index (χ1) is 23.8.